The highest BCUT2D eigenvalue weighted by Crippen LogP contribution is 2.31. The average molecular weight is 421 g/mol. The summed E-state index contributed by atoms with van der Waals surface area (Å²) in [7, 11) is -3.68. The molecule has 3 aromatic rings. The molecule has 0 bridgehead atoms. The van der Waals surface area contributed by atoms with Crippen LogP contribution in [0.1, 0.15) is 34.8 Å². The molecule has 0 aromatic heterocycles. The van der Waals surface area contributed by atoms with E-state index in [0.717, 1.165) is 30.5 Å². The number of rotatable bonds is 5. The fraction of sp³-hybridized carbons (Fsp3) is 0.208. The Morgan fingerprint density at radius 1 is 0.967 bits per heavy atom. The van der Waals surface area contributed by atoms with Gasteiger partial charge in [-0.15, -0.1) is 0 Å². The summed E-state index contributed by atoms with van der Waals surface area (Å²) in [5.41, 5.74) is 4.09. The van der Waals surface area contributed by atoms with Crippen LogP contribution in [0.2, 0.25) is 0 Å². The molecule has 4 rings (SSSR count). The van der Waals surface area contributed by atoms with Crippen molar-refractivity contribution in [3.05, 3.63) is 89.5 Å². The van der Waals surface area contributed by atoms with Gasteiger partial charge in [-0.05, 0) is 72.9 Å². The van der Waals surface area contributed by atoms with Crippen LogP contribution in [0, 0.1) is 0 Å². The molecule has 1 heterocycles. The number of carbonyl (C=O) groups is 1. The van der Waals surface area contributed by atoms with Crippen molar-refractivity contribution in [2.75, 3.05) is 16.2 Å². The minimum atomic E-state index is -3.68. The Hall–Kier alpha value is -3.12. The van der Waals surface area contributed by atoms with Crippen molar-refractivity contribution in [3.8, 4) is 0 Å². The Kier molecular flexibility index (Phi) is 5.59. The first-order valence-corrected chi connectivity index (χ1v) is 11.5. The molecule has 0 atom stereocenters. The fourth-order valence-electron chi connectivity index (χ4n) is 3.68. The van der Waals surface area contributed by atoms with Crippen LogP contribution in [-0.4, -0.2) is 20.9 Å². The Bertz CT molecular complexity index is 1150. The molecule has 0 radical (unpaired) electrons. The zero-order valence-electron chi connectivity index (χ0n) is 16.8. The van der Waals surface area contributed by atoms with E-state index < -0.39 is 10.0 Å². The molecule has 0 fully saturated rings. The Labute approximate surface area is 177 Å². The molecule has 1 aliphatic heterocycles. The Morgan fingerprint density at radius 2 is 1.67 bits per heavy atom. The van der Waals surface area contributed by atoms with Gasteiger partial charge in [0.2, 0.25) is 0 Å². The second kappa shape index (κ2) is 8.32. The third-order valence-electron chi connectivity index (χ3n) is 5.39. The molecule has 0 unspecified atom stereocenters. The number of fused-ring (bicyclic) bond motifs is 1. The van der Waals surface area contributed by atoms with Crippen LogP contribution in [0.5, 0.6) is 0 Å². The number of aryl methyl sites for hydroxylation is 2. The van der Waals surface area contributed by atoms with E-state index in [0.29, 0.717) is 17.8 Å². The lowest BCUT2D eigenvalue weighted by atomic mass is 10.0. The van der Waals surface area contributed by atoms with Crippen LogP contribution in [0.3, 0.4) is 0 Å². The molecule has 6 heteroatoms. The van der Waals surface area contributed by atoms with Gasteiger partial charge in [0.05, 0.1) is 10.6 Å². The average Bonchev–Trinajstić information content (AvgIpc) is 2.79. The first-order valence-electron chi connectivity index (χ1n) is 10.1. The molecule has 0 aliphatic carbocycles. The van der Waals surface area contributed by atoms with Crippen LogP contribution >= 0.6 is 0 Å². The molecule has 30 heavy (non-hydrogen) atoms. The summed E-state index contributed by atoms with van der Waals surface area (Å²) < 4.78 is 27.9. The lowest BCUT2D eigenvalue weighted by Gasteiger charge is -2.30. The van der Waals surface area contributed by atoms with Crippen LogP contribution < -0.4 is 9.62 Å². The molecule has 0 spiro atoms. The maximum absolute atomic E-state index is 13.2. The number of carbonyl (C=O) groups excluding carboxylic acids is 1. The second-order valence-electron chi connectivity index (χ2n) is 7.34. The normalized spacial score (nSPS) is 13.6. The second-order valence-corrected chi connectivity index (χ2v) is 9.20. The predicted octanol–water partition coefficient (Wildman–Crippen LogP) is 4.64. The lowest BCUT2D eigenvalue weighted by molar-refractivity contribution is 0.102. The van der Waals surface area contributed by atoms with Gasteiger partial charge in [0, 0.05) is 17.8 Å². The predicted molar refractivity (Wildman–Crippen MR) is 120 cm³/mol. The van der Waals surface area contributed by atoms with Crippen LogP contribution in [0.4, 0.5) is 11.4 Å². The summed E-state index contributed by atoms with van der Waals surface area (Å²) in [6.45, 7) is 2.53. The van der Waals surface area contributed by atoms with Gasteiger partial charge in [-0.1, -0.05) is 37.3 Å². The number of nitrogens with one attached hydrogen (secondary N) is 1. The fourth-order valence-corrected chi connectivity index (χ4v) is 5.22. The number of hydrogen-bond acceptors (Lipinski definition) is 3. The summed E-state index contributed by atoms with van der Waals surface area (Å²) in [5, 5.41) is 2.85. The first kappa shape index (κ1) is 20.2. The number of hydrogen-bond donors (Lipinski definition) is 1. The van der Waals surface area contributed by atoms with Crippen molar-refractivity contribution in [3.63, 3.8) is 0 Å². The minimum Gasteiger partial charge on any atom is -0.322 e. The maximum atomic E-state index is 13.2. The Morgan fingerprint density at radius 3 is 2.37 bits per heavy atom. The van der Waals surface area contributed by atoms with Crippen molar-refractivity contribution in [1.29, 1.82) is 0 Å². The smallest absolute Gasteiger partial charge is 0.264 e. The van der Waals surface area contributed by atoms with E-state index in [-0.39, 0.29) is 10.8 Å². The first-order chi connectivity index (χ1) is 14.5. The van der Waals surface area contributed by atoms with Gasteiger partial charge in [0.1, 0.15) is 0 Å². The standard InChI is InChI=1S/C24H24N2O3S/c1-2-18-9-13-21(14-10-18)25-24(27)20-11-15-22(16-12-20)30(28,29)26-17-5-7-19-6-3-4-8-23(19)26/h3-4,6,8-16H,2,5,7,17H2,1H3,(H,25,27). The van der Waals surface area contributed by atoms with E-state index in [1.54, 1.807) is 12.1 Å². The highest BCUT2D eigenvalue weighted by Gasteiger charge is 2.28. The third kappa shape index (κ3) is 3.96. The van der Waals surface area contributed by atoms with Gasteiger partial charge < -0.3 is 5.32 Å². The van der Waals surface area contributed by atoms with Crippen molar-refractivity contribution in [2.24, 2.45) is 0 Å². The van der Waals surface area contributed by atoms with Gasteiger partial charge in [0.15, 0.2) is 0 Å². The molecule has 1 N–H and O–H groups in total. The highest BCUT2D eigenvalue weighted by molar-refractivity contribution is 7.92. The van der Waals surface area contributed by atoms with Gasteiger partial charge in [0.25, 0.3) is 15.9 Å². The van der Waals surface area contributed by atoms with E-state index in [9.17, 15) is 13.2 Å². The van der Waals surface area contributed by atoms with Crippen molar-refractivity contribution < 1.29 is 13.2 Å². The van der Waals surface area contributed by atoms with Gasteiger partial charge in [-0.25, -0.2) is 8.42 Å². The molecule has 3 aromatic carbocycles. The van der Waals surface area contributed by atoms with E-state index in [1.807, 2.05) is 48.5 Å². The number of nitrogens with zero attached hydrogens (tertiary/aromatic N) is 1. The number of benzene rings is 3. The number of amides is 1. The highest BCUT2D eigenvalue weighted by atomic mass is 32.2. The molecule has 5 nitrogen and oxygen atoms in total. The zero-order chi connectivity index (χ0) is 21.1. The summed E-state index contributed by atoms with van der Waals surface area (Å²) in [4.78, 5) is 12.7. The third-order valence-corrected chi connectivity index (χ3v) is 7.22. The zero-order valence-corrected chi connectivity index (χ0v) is 17.7. The van der Waals surface area contributed by atoms with E-state index >= 15 is 0 Å². The molecule has 0 saturated carbocycles. The molecular weight excluding hydrogens is 396 g/mol. The topological polar surface area (TPSA) is 66.5 Å². The summed E-state index contributed by atoms with van der Waals surface area (Å²) in [6, 6.07) is 21.4. The van der Waals surface area contributed by atoms with E-state index in [1.165, 1.54) is 22.0 Å². The molecular formula is C24H24N2O3S. The van der Waals surface area contributed by atoms with E-state index in [4.69, 9.17) is 0 Å². The van der Waals surface area contributed by atoms with Crippen molar-refractivity contribution in [1.82, 2.24) is 0 Å². The maximum Gasteiger partial charge on any atom is 0.264 e. The Balaban J connectivity index is 1.53. The molecule has 1 amide bonds. The van der Waals surface area contributed by atoms with Crippen molar-refractivity contribution in [2.45, 2.75) is 31.1 Å². The summed E-state index contributed by atoms with van der Waals surface area (Å²) in [6.07, 6.45) is 2.60. The minimum absolute atomic E-state index is 0.183. The van der Waals surface area contributed by atoms with Crippen LogP contribution in [0.15, 0.2) is 77.7 Å². The SMILES string of the molecule is CCc1ccc(NC(=O)c2ccc(S(=O)(=O)N3CCCc4ccccc43)cc2)cc1. The monoisotopic (exact) mass is 420 g/mol. The largest absolute Gasteiger partial charge is 0.322 e. The number of para-hydroxylation sites is 1. The molecule has 154 valence electrons. The van der Waals surface area contributed by atoms with Gasteiger partial charge in [-0.2, -0.15) is 0 Å². The summed E-state index contributed by atoms with van der Waals surface area (Å²) >= 11 is 0. The van der Waals surface area contributed by atoms with Gasteiger partial charge in [-0.3, -0.25) is 9.10 Å². The lowest BCUT2D eigenvalue weighted by Crippen LogP contribution is -2.35. The summed E-state index contributed by atoms with van der Waals surface area (Å²) in [5.74, 6) is -0.272. The van der Waals surface area contributed by atoms with E-state index in [2.05, 4.69) is 12.2 Å². The van der Waals surface area contributed by atoms with Crippen LogP contribution in [-0.2, 0) is 22.9 Å². The quantitative estimate of drug-likeness (QED) is 0.654. The molecule has 0 saturated heterocycles. The van der Waals surface area contributed by atoms with Crippen molar-refractivity contribution >= 4 is 27.3 Å². The molecule has 1 aliphatic rings. The number of anilines is 2. The van der Waals surface area contributed by atoms with Gasteiger partial charge >= 0.3 is 0 Å². The number of sulfonamides is 1. The van der Waals surface area contributed by atoms with Crippen LogP contribution in [0.25, 0.3) is 0 Å².